The molecule has 5 atom stereocenters. The van der Waals surface area contributed by atoms with E-state index >= 15 is 0 Å². The highest BCUT2D eigenvalue weighted by atomic mass is 16.5. The molecule has 0 aromatic heterocycles. The van der Waals surface area contributed by atoms with E-state index in [4.69, 9.17) is 9.47 Å². The van der Waals surface area contributed by atoms with Crippen LogP contribution in [0.4, 0.5) is 0 Å². The average molecular weight is 294 g/mol. The highest BCUT2D eigenvalue weighted by Crippen LogP contribution is 2.92. The minimum atomic E-state index is -1.70. The largest absolute Gasteiger partial charge is 0.469 e. The molecule has 2 saturated carbocycles. The third-order valence-electron chi connectivity index (χ3n) is 5.96. The van der Waals surface area contributed by atoms with Crippen molar-refractivity contribution < 1.29 is 29.0 Å². The van der Waals surface area contributed by atoms with Crippen LogP contribution in [0, 0.1) is 22.2 Å². The molecule has 0 saturated heterocycles. The normalized spacial score (nSPS) is 49.5. The first-order valence-electron chi connectivity index (χ1n) is 6.75. The highest BCUT2D eigenvalue weighted by Gasteiger charge is 3.04. The highest BCUT2D eigenvalue weighted by molar-refractivity contribution is 6.18. The number of Topliss-reactive ketones (excluding diaryl/α,β-unsaturated/α-hetero) is 1. The van der Waals surface area contributed by atoms with Gasteiger partial charge < -0.3 is 14.6 Å². The predicted octanol–water partition coefficient (Wildman–Crippen LogP) is 0.235. The first-order valence-corrected chi connectivity index (χ1v) is 6.75. The molecule has 6 heteroatoms. The summed E-state index contributed by atoms with van der Waals surface area (Å²) in [6, 6.07) is 0. The molecule has 4 unspecified atom stereocenters. The van der Waals surface area contributed by atoms with Gasteiger partial charge in [0.1, 0.15) is 16.4 Å². The fourth-order valence-corrected chi connectivity index (χ4v) is 5.41. The smallest absolute Gasteiger partial charge is 0.317 e. The van der Waals surface area contributed by atoms with Crippen LogP contribution in [0.3, 0.4) is 0 Å². The summed E-state index contributed by atoms with van der Waals surface area (Å²) in [4.78, 5) is 37.7. The van der Waals surface area contributed by atoms with E-state index in [0.717, 1.165) is 0 Å². The Morgan fingerprint density at radius 2 is 1.71 bits per heavy atom. The van der Waals surface area contributed by atoms with E-state index in [0.29, 0.717) is 5.57 Å². The minimum Gasteiger partial charge on any atom is -0.469 e. The topological polar surface area (TPSA) is 89.9 Å². The molecular weight excluding hydrogens is 276 g/mol. The van der Waals surface area contributed by atoms with Gasteiger partial charge in [0.25, 0.3) is 0 Å². The number of esters is 2. The summed E-state index contributed by atoms with van der Waals surface area (Å²) in [5.41, 5.74) is -5.15. The molecule has 3 aliphatic carbocycles. The molecule has 114 valence electrons. The summed E-state index contributed by atoms with van der Waals surface area (Å²) in [5, 5.41) is 10.6. The van der Waals surface area contributed by atoms with Crippen LogP contribution in [-0.4, -0.2) is 42.6 Å². The van der Waals surface area contributed by atoms with E-state index in [1.54, 1.807) is 19.9 Å². The quantitative estimate of drug-likeness (QED) is 0.579. The van der Waals surface area contributed by atoms with E-state index in [-0.39, 0.29) is 0 Å². The Bertz CT molecular complexity index is 632. The number of carbonyl (C=O) groups excluding carboxylic acids is 3. The second-order valence-corrected chi connectivity index (χ2v) is 6.52. The maximum Gasteiger partial charge on any atom is 0.317 e. The van der Waals surface area contributed by atoms with Crippen LogP contribution < -0.4 is 0 Å². The molecule has 2 fully saturated rings. The maximum absolute atomic E-state index is 12.7. The van der Waals surface area contributed by atoms with Gasteiger partial charge in [-0.1, -0.05) is 11.6 Å². The number of hydrogen-bond donors (Lipinski definition) is 1. The number of methoxy groups -OCH3 is 2. The molecule has 0 bridgehead atoms. The van der Waals surface area contributed by atoms with Crippen LogP contribution in [0.25, 0.3) is 0 Å². The number of carbonyl (C=O) groups is 3. The number of ether oxygens (including phenoxy) is 2. The Hall–Kier alpha value is -1.69. The van der Waals surface area contributed by atoms with Crippen molar-refractivity contribution in [1.82, 2.24) is 0 Å². The Kier molecular flexibility index (Phi) is 2.29. The van der Waals surface area contributed by atoms with Crippen LogP contribution in [0.1, 0.15) is 20.8 Å². The zero-order valence-electron chi connectivity index (χ0n) is 12.6. The van der Waals surface area contributed by atoms with Gasteiger partial charge in [-0.25, -0.2) is 0 Å². The molecule has 0 spiro atoms. The summed E-state index contributed by atoms with van der Waals surface area (Å²) in [5.74, 6) is -2.57. The predicted molar refractivity (Wildman–Crippen MR) is 69.9 cm³/mol. The lowest BCUT2D eigenvalue weighted by atomic mass is 9.76. The lowest BCUT2D eigenvalue weighted by Crippen LogP contribution is -2.47. The lowest BCUT2D eigenvalue weighted by molar-refractivity contribution is -0.161. The lowest BCUT2D eigenvalue weighted by Gasteiger charge is -2.30. The van der Waals surface area contributed by atoms with Crippen molar-refractivity contribution in [3.63, 3.8) is 0 Å². The molecule has 3 aliphatic rings. The maximum atomic E-state index is 12.7. The molecule has 0 aromatic rings. The second-order valence-electron chi connectivity index (χ2n) is 6.52. The number of aliphatic hydroxyl groups is 1. The van der Waals surface area contributed by atoms with Crippen molar-refractivity contribution in [2.45, 2.75) is 26.4 Å². The summed E-state index contributed by atoms with van der Waals surface area (Å²) in [6.45, 7) is 4.65. The van der Waals surface area contributed by atoms with E-state index in [1.807, 2.05) is 0 Å². The summed E-state index contributed by atoms with van der Waals surface area (Å²) in [6.07, 6.45) is 1.61. The SMILES string of the molecule is COC(=O)C12C=C(C)C3C1(C(=O)OC)C2(C)C(=O)[C@@]3(C)O. The van der Waals surface area contributed by atoms with Gasteiger partial charge >= 0.3 is 11.9 Å². The Morgan fingerprint density at radius 3 is 2.19 bits per heavy atom. The molecule has 1 N–H and O–H groups in total. The van der Waals surface area contributed by atoms with Crippen molar-refractivity contribution in [2.75, 3.05) is 14.2 Å². The zero-order valence-corrected chi connectivity index (χ0v) is 12.6. The number of rotatable bonds is 2. The molecule has 0 aromatic carbocycles. The monoisotopic (exact) mass is 294 g/mol. The fraction of sp³-hybridized carbons (Fsp3) is 0.667. The van der Waals surface area contributed by atoms with Crippen LogP contribution in [0.15, 0.2) is 11.6 Å². The van der Waals surface area contributed by atoms with Crippen molar-refractivity contribution in [1.29, 1.82) is 0 Å². The fourth-order valence-electron chi connectivity index (χ4n) is 5.41. The van der Waals surface area contributed by atoms with Gasteiger partial charge in [0.15, 0.2) is 5.78 Å². The van der Waals surface area contributed by atoms with E-state index in [9.17, 15) is 19.5 Å². The van der Waals surface area contributed by atoms with Crippen molar-refractivity contribution in [2.24, 2.45) is 22.2 Å². The third-order valence-corrected chi connectivity index (χ3v) is 5.96. The molecule has 0 amide bonds. The number of ketones is 1. The first-order chi connectivity index (χ1) is 9.62. The van der Waals surface area contributed by atoms with E-state index < -0.39 is 45.5 Å². The van der Waals surface area contributed by atoms with Crippen LogP contribution in [-0.2, 0) is 23.9 Å². The molecule has 6 nitrogen and oxygen atoms in total. The third kappa shape index (κ3) is 0.932. The average Bonchev–Trinajstić information content (AvgIpc) is 2.71. The number of fused-ring (bicyclic) bond motifs is 1. The zero-order chi connectivity index (χ0) is 16.0. The molecule has 0 aliphatic heterocycles. The standard InChI is InChI=1S/C15H18O6/c1-7-6-14(10(17)20-4)13(3)9(16)12(2,19)8(7)15(13,14)11(18)21-5/h6,8,19H,1-5H3/t8?,12-,13?,14?,15?/m0/s1. The van der Waals surface area contributed by atoms with Crippen LogP contribution in [0.2, 0.25) is 0 Å². The minimum absolute atomic E-state index is 0.510. The van der Waals surface area contributed by atoms with Crippen LogP contribution >= 0.6 is 0 Å². The first kappa shape index (κ1) is 14.3. The second kappa shape index (κ2) is 3.38. The Balaban J connectivity index is 2.35. The van der Waals surface area contributed by atoms with Gasteiger partial charge in [-0.3, -0.25) is 14.4 Å². The van der Waals surface area contributed by atoms with Crippen LogP contribution in [0.5, 0.6) is 0 Å². The summed E-state index contributed by atoms with van der Waals surface area (Å²) < 4.78 is 9.75. The van der Waals surface area contributed by atoms with Gasteiger partial charge in [-0.2, -0.15) is 0 Å². The van der Waals surface area contributed by atoms with Gasteiger partial charge in [-0.05, 0) is 20.8 Å². The Labute approximate surface area is 122 Å². The van der Waals surface area contributed by atoms with Gasteiger partial charge in [0, 0.05) is 5.92 Å². The molecule has 0 radical (unpaired) electrons. The van der Waals surface area contributed by atoms with Gasteiger partial charge in [0.05, 0.1) is 19.6 Å². The van der Waals surface area contributed by atoms with E-state index in [1.165, 1.54) is 21.1 Å². The summed E-state index contributed by atoms with van der Waals surface area (Å²) in [7, 11) is 2.44. The van der Waals surface area contributed by atoms with E-state index in [2.05, 4.69) is 0 Å². The molecular formula is C15H18O6. The van der Waals surface area contributed by atoms with Crippen molar-refractivity contribution in [3.8, 4) is 0 Å². The van der Waals surface area contributed by atoms with Gasteiger partial charge in [0.2, 0.25) is 0 Å². The Morgan fingerprint density at radius 1 is 1.19 bits per heavy atom. The molecule has 21 heavy (non-hydrogen) atoms. The molecule has 3 rings (SSSR count). The number of hydrogen-bond acceptors (Lipinski definition) is 6. The summed E-state index contributed by atoms with van der Waals surface area (Å²) >= 11 is 0. The van der Waals surface area contributed by atoms with Gasteiger partial charge in [-0.15, -0.1) is 0 Å². The van der Waals surface area contributed by atoms with Crippen molar-refractivity contribution in [3.05, 3.63) is 11.6 Å². The molecule has 0 heterocycles. The van der Waals surface area contributed by atoms with Crippen molar-refractivity contribution >= 4 is 17.7 Å².